The van der Waals surface area contributed by atoms with Crippen LogP contribution in [0, 0.1) is 5.82 Å². The number of likely N-dealkylation sites (N-methyl/N-ethyl adjacent to an activating group) is 1. The van der Waals surface area contributed by atoms with Crippen LogP contribution < -0.4 is 11.1 Å². The van der Waals surface area contributed by atoms with Gasteiger partial charge in [-0.2, -0.15) is 0 Å². The van der Waals surface area contributed by atoms with Gasteiger partial charge in [0, 0.05) is 29.8 Å². The third kappa shape index (κ3) is 4.40. The van der Waals surface area contributed by atoms with Crippen molar-refractivity contribution in [2.45, 2.75) is 44.6 Å². The highest BCUT2D eigenvalue weighted by Gasteiger charge is 2.27. The molecule has 1 unspecified atom stereocenters. The molecule has 0 saturated heterocycles. The normalized spacial score (nSPS) is 13.0. The average Bonchev–Trinajstić information content (AvgIpc) is 2.59. The molecule has 4 heteroatoms. The molecule has 3 nitrogen and oxygen atoms in total. The maximum absolute atomic E-state index is 13.3. The lowest BCUT2D eigenvalue weighted by atomic mass is 9.76. The van der Waals surface area contributed by atoms with Crippen LogP contribution in [0.25, 0.3) is 0 Å². The second kappa shape index (κ2) is 8.36. The van der Waals surface area contributed by atoms with Crippen molar-refractivity contribution in [1.29, 1.82) is 0 Å². The molecule has 0 amide bonds. The summed E-state index contributed by atoms with van der Waals surface area (Å²) < 4.78 is 13.3. The van der Waals surface area contributed by atoms with E-state index >= 15 is 0 Å². The van der Waals surface area contributed by atoms with E-state index in [9.17, 15) is 4.39 Å². The zero-order valence-corrected chi connectivity index (χ0v) is 14.8. The molecule has 2 aromatic rings. The summed E-state index contributed by atoms with van der Waals surface area (Å²) in [6, 6.07) is 11.2. The highest BCUT2D eigenvalue weighted by molar-refractivity contribution is 5.40. The van der Waals surface area contributed by atoms with Gasteiger partial charge in [-0.25, -0.2) is 4.39 Å². The van der Waals surface area contributed by atoms with Crippen LogP contribution in [0.15, 0.2) is 42.6 Å². The smallest absolute Gasteiger partial charge is 0.123 e. The number of nitrogens with two attached hydrogens (primary N) is 1. The number of pyridine rings is 1. The Balaban J connectivity index is 2.31. The fourth-order valence-corrected chi connectivity index (χ4v) is 3.14. The maximum Gasteiger partial charge on any atom is 0.123 e. The molecule has 0 saturated carbocycles. The Kier molecular flexibility index (Phi) is 6.46. The van der Waals surface area contributed by atoms with Crippen molar-refractivity contribution in [3.63, 3.8) is 0 Å². The quantitative estimate of drug-likeness (QED) is 0.780. The Morgan fingerprint density at radius 1 is 1.21 bits per heavy atom. The number of aromatic nitrogens is 1. The minimum Gasteiger partial charge on any atom is -0.330 e. The molecule has 24 heavy (non-hydrogen) atoms. The first-order valence-electron chi connectivity index (χ1n) is 8.56. The summed E-state index contributed by atoms with van der Waals surface area (Å²) in [5, 5.41) is 3.37. The molecule has 1 aromatic heterocycles. The summed E-state index contributed by atoms with van der Waals surface area (Å²) in [5.41, 5.74) is 8.76. The van der Waals surface area contributed by atoms with Gasteiger partial charge in [-0.05, 0) is 55.8 Å². The highest BCUT2D eigenvalue weighted by atomic mass is 19.1. The van der Waals surface area contributed by atoms with E-state index in [4.69, 9.17) is 5.73 Å². The third-order valence-corrected chi connectivity index (χ3v) is 4.73. The van der Waals surface area contributed by atoms with Crippen molar-refractivity contribution in [2.24, 2.45) is 5.73 Å². The summed E-state index contributed by atoms with van der Waals surface area (Å²) in [6.45, 7) is 5.03. The summed E-state index contributed by atoms with van der Waals surface area (Å²) >= 11 is 0. The third-order valence-electron chi connectivity index (χ3n) is 4.73. The number of hydrogen-bond acceptors (Lipinski definition) is 3. The van der Waals surface area contributed by atoms with Crippen LogP contribution >= 0.6 is 0 Å². The number of nitrogens with zero attached hydrogens (tertiary/aromatic N) is 1. The van der Waals surface area contributed by atoms with Gasteiger partial charge in [-0.15, -0.1) is 0 Å². The average molecular weight is 329 g/mol. The molecule has 130 valence electrons. The molecule has 1 aromatic carbocycles. The van der Waals surface area contributed by atoms with Gasteiger partial charge in [0.25, 0.3) is 0 Å². The Hall–Kier alpha value is -1.78. The zero-order chi connectivity index (χ0) is 17.6. The maximum atomic E-state index is 13.3. The van der Waals surface area contributed by atoms with Crippen LogP contribution in [0.3, 0.4) is 0 Å². The van der Waals surface area contributed by atoms with Gasteiger partial charge >= 0.3 is 0 Å². The second-order valence-corrected chi connectivity index (χ2v) is 6.75. The van der Waals surface area contributed by atoms with Crippen molar-refractivity contribution in [3.05, 3.63) is 65.2 Å². The topological polar surface area (TPSA) is 50.9 Å². The molecule has 1 heterocycles. The molecule has 3 N–H and O–H groups in total. The second-order valence-electron chi connectivity index (χ2n) is 6.75. The standard InChI is InChI=1S/C20H28FN3/c1-20(2,15-8-10-16(21)11-9-15)18-7-5-13-24-19(18)14-17(23-3)6-4-12-22/h5,7-11,13,17,23H,4,6,12,14,22H2,1-3H3. The Morgan fingerprint density at radius 2 is 1.92 bits per heavy atom. The zero-order valence-electron chi connectivity index (χ0n) is 14.8. The molecule has 0 bridgehead atoms. The van der Waals surface area contributed by atoms with Crippen LogP contribution in [-0.4, -0.2) is 24.6 Å². The summed E-state index contributed by atoms with van der Waals surface area (Å²) in [7, 11) is 1.98. The Morgan fingerprint density at radius 3 is 2.54 bits per heavy atom. The van der Waals surface area contributed by atoms with E-state index in [0.29, 0.717) is 12.6 Å². The SMILES string of the molecule is CNC(CCCN)Cc1ncccc1C(C)(C)c1ccc(F)cc1. The fourth-order valence-electron chi connectivity index (χ4n) is 3.14. The van der Waals surface area contributed by atoms with E-state index < -0.39 is 0 Å². The fraction of sp³-hybridized carbons (Fsp3) is 0.450. The van der Waals surface area contributed by atoms with Crippen molar-refractivity contribution >= 4 is 0 Å². The van der Waals surface area contributed by atoms with E-state index in [-0.39, 0.29) is 11.2 Å². The van der Waals surface area contributed by atoms with Crippen LogP contribution in [0.5, 0.6) is 0 Å². The van der Waals surface area contributed by atoms with Gasteiger partial charge in [0.05, 0.1) is 0 Å². The number of nitrogens with one attached hydrogen (secondary N) is 1. The highest BCUT2D eigenvalue weighted by Crippen LogP contribution is 2.33. The molecular weight excluding hydrogens is 301 g/mol. The largest absolute Gasteiger partial charge is 0.330 e. The minimum atomic E-state index is -0.233. The number of halogens is 1. The van der Waals surface area contributed by atoms with E-state index in [2.05, 4.69) is 30.2 Å². The van der Waals surface area contributed by atoms with Gasteiger partial charge < -0.3 is 11.1 Å². The summed E-state index contributed by atoms with van der Waals surface area (Å²) in [6.07, 6.45) is 4.72. The number of rotatable bonds is 8. The van der Waals surface area contributed by atoms with E-state index in [0.717, 1.165) is 30.5 Å². The van der Waals surface area contributed by atoms with Crippen molar-refractivity contribution in [2.75, 3.05) is 13.6 Å². The number of hydrogen-bond donors (Lipinski definition) is 2. The molecular formula is C20H28FN3. The number of benzene rings is 1. The van der Waals surface area contributed by atoms with Crippen LogP contribution in [-0.2, 0) is 11.8 Å². The summed E-state index contributed by atoms with van der Waals surface area (Å²) in [5.74, 6) is -0.210. The van der Waals surface area contributed by atoms with E-state index in [1.54, 1.807) is 0 Å². The lowest BCUT2D eigenvalue weighted by molar-refractivity contribution is 0.494. The lowest BCUT2D eigenvalue weighted by Gasteiger charge is -2.29. The van der Waals surface area contributed by atoms with Gasteiger partial charge in [-0.1, -0.05) is 32.0 Å². The molecule has 0 aliphatic rings. The van der Waals surface area contributed by atoms with Crippen molar-refractivity contribution in [3.8, 4) is 0 Å². The molecule has 0 spiro atoms. The molecule has 2 rings (SSSR count). The monoisotopic (exact) mass is 329 g/mol. The first-order chi connectivity index (χ1) is 11.5. The van der Waals surface area contributed by atoms with Crippen LogP contribution in [0.4, 0.5) is 4.39 Å². The lowest BCUT2D eigenvalue weighted by Crippen LogP contribution is -2.31. The van der Waals surface area contributed by atoms with Gasteiger partial charge in [-0.3, -0.25) is 4.98 Å². The molecule has 1 atom stereocenters. The summed E-state index contributed by atoms with van der Waals surface area (Å²) in [4.78, 5) is 4.64. The van der Waals surface area contributed by atoms with Crippen molar-refractivity contribution in [1.82, 2.24) is 10.3 Å². The van der Waals surface area contributed by atoms with Gasteiger partial charge in [0.15, 0.2) is 0 Å². The predicted molar refractivity (Wildman–Crippen MR) is 97.6 cm³/mol. The van der Waals surface area contributed by atoms with Crippen LogP contribution in [0.1, 0.15) is 43.5 Å². The predicted octanol–water partition coefficient (Wildman–Crippen LogP) is 3.42. The van der Waals surface area contributed by atoms with Gasteiger partial charge in [0.2, 0.25) is 0 Å². The molecule has 0 fully saturated rings. The molecule has 0 aliphatic carbocycles. The first-order valence-corrected chi connectivity index (χ1v) is 8.56. The molecule has 0 aliphatic heterocycles. The van der Waals surface area contributed by atoms with E-state index in [1.165, 1.54) is 17.7 Å². The van der Waals surface area contributed by atoms with E-state index in [1.807, 2.05) is 31.4 Å². The Labute approximate surface area is 144 Å². The Bertz CT molecular complexity index is 638. The van der Waals surface area contributed by atoms with Crippen LogP contribution in [0.2, 0.25) is 0 Å². The minimum absolute atomic E-state index is 0.210. The molecule has 0 radical (unpaired) electrons. The first kappa shape index (κ1) is 18.6. The van der Waals surface area contributed by atoms with Gasteiger partial charge in [0.1, 0.15) is 5.82 Å². The van der Waals surface area contributed by atoms with Crippen molar-refractivity contribution < 1.29 is 4.39 Å².